The lowest BCUT2D eigenvalue weighted by molar-refractivity contribution is -0.121. The average Bonchev–Trinajstić information content (AvgIpc) is 3.32. The predicted octanol–water partition coefficient (Wildman–Crippen LogP) is 4.02. The number of carbonyl (C=O) groups excluding carboxylic acids is 2. The molecule has 2 fully saturated rings. The van der Waals surface area contributed by atoms with Gasteiger partial charge in [-0.2, -0.15) is 0 Å². The molecule has 2 N–H and O–H groups in total. The maximum absolute atomic E-state index is 12.6. The SMILES string of the molecule is O=C(Nc1ccccc1)C1CCN(C(=O)NCC2CCN(Cc3cccs3)CC2)CC1. The fourth-order valence-corrected chi connectivity index (χ4v) is 5.17. The zero-order chi connectivity index (χ0) is 21.5. The highest BCUT2D eigenvalue weighted by molar-refractivity contribution is 7.09. The summed E-state index contributed by atoms with van der Waals surface area (Å²) in [6.07, 6.45) is 3.70. The van der Waals surface area contributed by atoms with E-state index in [1.807, 2.05) is 46.6 Å². The van der Waals surface area contributed by atoms with Gasteiger partial charge in [0.25, 0.3) is 0 Å². The molecule has 2 aliphatic rings. The predicted molar refractivity (Wildman–Crippen MR) is 125 cm³/mol. The summed E-state index contributed by atoms with van der Waals surface area (Å²) < 4.78 is 0. The number of likely N-dealkylation sites (tertiary alicyclic amines) is 2. The lowest BCUT2D eigenvalue weighted by atomic mass is 9.95. The van der Waals surface area contributed by atoms with Gasteiger partial charge in [-0.15, -0.1) is 11.3 Å². The van der Waals surface area contributed by atoms with E-state index in [4.69, 9.17) is 0 Å². The van der Waals surface area contributed by atoms with E-state index in [0.717, 1.165) is 44.7 Å². The molecular formula is C24H32N4O2S. The highest BCUT2D eigenvalue weighted by atomic mass is 32.1. The molecule has 0 radical (unpaired) electrons. The van der Waals surface area contributed by atoms with Crippen molar-refractivity contribution in [3.63, 3.8) is 0 Å². The van der Waals surface area contributed by atoms with Crippen LogP contribution >= 0.6 is 11.3 Å². The third kappa shape index (κ3) is 6.31. The van der Waals surface area contributed by atoms with Gasteiger partial charge < -0.3 is 15.5 Å². The zero-order valence-electron chi connectivity index (χ0n) is 18.0. The average molecular weight is 441 g/mol. The van der Waals surface area contributed by atoms with E-state index in [-0.39, 0.29) is 17.9 Å². The third-order valence-corrected chi connectivity index (χ3v) is 7.26. The van der Waals surface area contributed by atoms with Crippen molar-refractivity contribution in [3.8, 4) is 0 Å². The minimum atomic E-state index is -0.0306. The number of nitrogens with one attached hydrogen (secondary N) is 2. The second kappa shape index (κ2) is 10.8. The summed E-state index contributed by atoms with van der Waals surface area (Å²) in [6.45, 7) is 5.26. The first kappa shape index (κ1) is 21.8. The molecular weight excluding hydrogens is 408 g/mol. The summed E-state index contributed by atoms with van der Waals surface area (Å²) in [5.41, 5.74) is 0.828. The fraction of sp³-hybridized carbons (Fsp3) is 0.500. The van der Waals surface area contributed by atoms with Crippen molar-refractivity contribution in [3.05, 3.63) is 52.7 Å². The van der Waals surface area contributed by atoms with Gasteiger partial charge in [0.05, 0.1) is 0 Å². The molecule has 3 amide bonds. The number of benzene rings is 1. The first-order valence-corrected chi connectivity index (χ1v) is 12.2. The molecule has 6 nitrogen and oxygen atoms in total. The van der Waals surface area contributed by atoms with E-state index in [1.165, 1.54) is 4.88 Å². The number of carbonyl (C=O) groups is 2. The van der Waals surface area contributed by atoms with Crippen molar-refractivity contribution in [2.24, 2.45) is 11.8 Å². The Labute approximate surface area is 188 Å². The Bertz CT molecular complexity index is 827. The maximum Gasteiger partial charge on any atom is 0.317 e. The van der Waals surface area contributed by atoms with Gasteiger partial charge in [-0.1, -0.05) is 24.3 Å². The van der Waals surface area contributed by atoms with Crippen LogP contribution in [0.4, 0.5) is 10.5 Å². The second-order valence-electron chi connectivity index (χ2n) is 8.60. The van der Waals surface area contributed by atoms with Gasteiger partial charge in [0.15, 0.2) is 0 Å². The fourth-order valence-electron chi connectivity index (χ4n) is 4.43. The van der Waals surface area contributed by atoms with Crippen LogP contribution in [0.1, 0.15) is 30.6 Å². The quantitative estimate of drug-likeness (QED) is 0.713. The Balaban J connectivity index is 1.13. The van der Waals surface area contributed by atoms with Crippen LogP contribution in [-0.4, -0.2) is 54.5 Å². The molecule has 2 saturated heterocycles. The molecule has 0 saturated carbocycles. The first-order valence-electron chi connectivity index (χ1n) is 11.3. The maximum atomic E-state index is 12.6. The molecule has 0 bridgehead atoms. The van der Waals surface area contributed by atoms with Crippen molar-refractivity contribution in [1.82, 2.24) is 15.1 Å². The Hall–Kier alpha value is -2.38. The summed E-state index contributed by atoms with van der Waals surface area (Å²) in [4.78, 5) is 30.9. The van der Waals surface area contributed by atoms with Crippen LogP contribution in [0.2, 0.25) is 0 Å². The van der Waals surface area contributed by atoms with Gasteiger partial charge in [0.2, 0.25) is 5.91 Å². The van der Waals surface area contributed by atoms with Gasteiger partial charge in [0, 0.05) is 42.7 Å². The molecule has 31 heavy (non-hydrogen) atoms. The highest BCUT2D eigenvalue weighted by Gasteiger charge is 2.28. The molecule has 0 atom stereocenters. The number of amides is 3. The second-order valence-corrected chi connectivity index (χ2v) is 9.63. The van der Waals surface area contributed by atoms with E-state index >= 15 is 0 Å². The highest BCUT2D eigenvalue weighted by Crippen LogP contribution is 2.22. The van der Waals surface area contributed by atoms with Gasteiger partial charge in [-0.3, -0.25) is 9.69 Å². The van der Waals surface area contributed by atoms with E-state index in [1.54, 1.807) is 0 Å². The van der Waals surface area contributed by atoms with Crippen LogP contribution in [0.3, 0.4) is 0 Å². The molecule has 0 spiro atoms. The van der Waals surface area contributed by atoms with E-state index < -0.39 is 0 Å². The monoisotopic (exact) mass is 440 g/mol. The molecule has 0 aliphatic carbocycles. The van der Waals surface area contributed by atoms with Crippen molar-refractivity contribution in [2.45, 2.75) is 32.2 Å². The number of hydrogen-bond acceptors (Lipinski definition) is 4. The minimum absolute atomic E-state index is 0.0166. The number of anilines is 1. The smallest absolute Gasteiger partial charge is 0.317 e. The van der Waals surface area contributed by atoms with E-state index in [0.29, 0.717) is 31.8 Å². The number of thiophene rings is 1. The van der Waals surface area contributed by atoms with Crippen LogP contribution < -0.4 is 10.6 Å². The summed E-state index contributed by atoms with van der Waals surface area (Å²) in [7, 11) is 0. The van der Waals surface area contributed by atoms with Gasteiger partial charge >= 0.3 is 6.03 Å². The van der Waals surface area contributed by atoms with E-state index in [2.05, 4.69) is 33.0 Å². The van der Waals surface area contributed by atoms with Crippen LogP contribution in [0.15, 0.2) is 47.8 Å². The molecule has 7 heteroatoms. The number of nitrogens with zero attached hydrogens (tertiary/aromatic N) is 2. The number of rotatable bonds is 6. The van der Waals surface area contributed by atoms with Crippen LogP contribution in [0.25, 0.3) is 0 Å². The molecule has 1 aromatic heterocycles. The Morgan fingerprint density at radius 1 is 0.935 bits per heavy atom. The van der Waals surface area contributed by atoms with Crippen molar-refractivity contribution >= 4 is 29.0 Å². The molecule has 4 rings (SSSR count). The number of urea groups is 1. The topological polar surface area (TPSA) is 64.7 Å². The molecule has 2 aliphatic heterocycles. The van der Waals surface area contributed by atoms with Crippen LogP contribution in [0.5, 0.6) is 0 Å². The van der Waals surface area contributed by atoms with E-state index in [9.17, 15) is 9.59 Å². The summed E-state index contributed by atoms with van der Waals surface area (Å²) >= 11 is 1.82. The number of piperidine rings is 2. The van der Waals surface area contributed by atoms with Gasteiger partial charge in [0.1, 0.15) is 0 Å². The molecule has 1 aromatic carbocycles. The normalized spacial score (nSPS) is 18.6. The molecule has 2 aromatic rings. The van der Waals surface area contributed by atoms with Crippen molar-refractivity contribution in [2.75, 3.05) is 38.0 Å². The molecule has 3 heterocycles. The lowest BCUT2D eigenvalue weighted by Crippen LogP contribution is -2.47. The Morgan fingerprint density at radius 2 is 1.68 bits per heavy atom. The zero-order valence-corrected chi connectivity index (χ0v) is 18.8. The molecule has 166 valence electrons. The standard InChI is InChI=1S/C24H32N4O2S/c29-23(26-21-5-2-1-3-6-21)20-10-14-28(15-11-20)24(30)25-17-19-8-12-27(13-9-19)18-22-7-4-16-31-22/h1-7,16,19-20H,8-15,17-18H2,(H,25,30)(H,26,29). The summed E-state index contributed by atoms with van der Waals surface area (Å²) in [5.74, 6) is 0.579. The minimum Gasteiger partial charge on any atom is -0.338 e. The van der Waals surface area contributed by atoms with Gasteiger partial charge in [-0.25, -0.2) is 4.79 Å². The van der Waals surface area contributed by atoms with Crippen LogP contribution in [0, 0.1) is 11.8 Å². The largest absolute Gasteiger partial charge is 0.338 e. The van der Waals surface area contributed by atoms with Crippen molar-refractivity contribution in [1.29, 1.82) is 0 Å². The van der Waals surface area contributed by atoms with Gasteiger partial charge in [-0.05, 0) is 68.3 Å². The lowest BCUT2D eigenvalue weighted by Gasteiger charge is -2.34. The first-order chi connectivity index (χ1) is 15.2. The van der Waals surface area contributed by atoms with Crippen LogP contribution in [-0.2, 0) is 11.3 Å². The Morgan fingerprint density at radius 3 is 2.35 bits per heavy atom. The summed E-state index contributed by atoms with van der Waals surface area (Å²) in [6, 6.07) is 13.9. The number of hydrogen-bond donors (Lipinski definition) is 2. The summed E-state index contributed by atoms with van der Waals surface area (Å²) in [5, 5.41) is 8.25. The Kier molecular flexibility index (Phi) is 7.59. The third-order valence-electron chi connectivity index (χ3n) is 6.40. The van der Waals surface area contributed by atoms with Crippen molar-refractivity contribution < 1.29 is 9.59 Å². The molecule has 0 unspecified atom stereocenters. The number of para-hydroxylation sites is 1.